The summed E-state index contributed by atoms with van der Waals surface area (Å²) in [5, 5.41) is 0. The lowest BCUT2D eigenvalue weighted by atomic mass is 9.86. The van der Waals surface area contributed by atoms with E-state index in [0.717, 1.165) is 31.2 Å². The lowest BCUT2D eigenvalue weighted by Gasteiger charge is -2.25. The molecule has 3 atom stereocenters. The SMILES string of the molecule is Cc1ccc(-c2ncccn2)c(C(=O)N2C3CCC2C(Cc2cnc(C(F)(F)F)cn2)C3)n1. The van der Waals surface area contributed by atoms with Crippen LogP contribution >= 0.6 is 0 Å². The van der Waals surface area contributed by atoms with E-state index in [0.29, 0.717) is 29.2 Å². The van der Waals surface area contributed by atoms with Crippen LogP contribution in [-0.4, -0.2) is 47.8 Å². The van der Waals surface area contributed by atoms with Crippen LogP contribution in [-0.2, 0) is 12.6 Å². The Morgan fingerprint density at radius 2 is 1.88 bits per heavy atom. The van der Waals surface area contributed by atoms with E-state index in [-0.39, 0.29) is 23.9 Å². The molecule has 3 unspecified atom stereocenters. The van der Waals surface area contributed by atoms with Crippen LogP contribution in [0.1, 0.15) is 46.8 Å². The third-order valence-electron chi connectivity index (χ3n) is 6.41. The summed E-state index contributed by atoms with van der Waals surface area (Å²) in [7, 11) is 0. The molecule has 2 bridgehead atoms. The molecule has 0 spiro atoms. The highest BCUT2D eigenvalue weighted by Gasteiger charge is 2.49. The van der Waals surface area contributed by atoms with E-state index in [4.69, 9.17) is 0 Å². The summed E-state index contributed by atoms with van der Waals surface area (Å²) < 4.78 is 38.3. The Bertz CT molecular complexity index is 1170. The number of aryl methyl sites for hydroxylation is 1. The molecule has 0 aliphatic carbocycles. The molecule has 10 heteroatoms. The van der Waals surface area contributed by atoms with Gasteiger partial charge in [0.15, 0.2) is 11.5 Å². The number of carbonyl (C=O) groups is 1. The summed E-state index contributed by atoms with van der Waals surface area (Å²) in [6.07, 6.45) is 3.69. The zero-order valence-corrected chi connectivity index (χ0v) is 17.8. The highest BCUT2D eigenvalue weighted by Crippen LogP contribution is 2.44. The van der Waals surface area contributed by atoms with Crippen molar-refractivity contribution in [3.63, 3.8) is 0 Å². The molecule has 3 aromatic rings. The van der Waals surface area contributed by atoms with Gasteiger partial charge in [0.2, 0.25) is 0 Å². The van der Waals surface area contributed by atoms with Crippen molar-refractivity contribution in [1.29, 1.82) is 0 Å². The third-order valence-corrected chi connectivity index (χ3v) is 6.41. The monoisotopic (exact) mass is 454 g/mol. The molecular weight excluding hydrogens is 433 g/mol. The topological polar surface area (TPSA) is 84.8 Å². The van der Waals surface area contributed by atoms with Gasteiger partial charge in [-0.05, 0) is 56.7 Å². The normalized spacial score (nSPS) is 22.1. The maximum atomic E-state index is 13.7. The summed E-state index contributed by atoms with van der Waals surface area (Å²) in [4.78, 5) is 36.1. The van der Waals surface area contributed by atoms with Gasteiger partial charge in [-0.1, -0.05) is 0 Å². The zero-order valence-electron chi connectivity index (χ0n) is 17.8. The van der Waals surface area contributed by atoms with E-state index in [1.54, 1.807) is 18.5 Å². The number of nitrogens with zero attached hydrogens (tertiary/aromatic N) is 6. The standard InChI is InChI=1S/C23H21F3N6O/c1-13-3-5-17(21-27-7-2-8-28-21)20(31-13)22(33)32-16-4-6-18(32)14(10-16)9-15-11-30-19(12-29-15)23(24,25)26/h2-3,5,7-8,11-12,14,16,18H,4,6,9-10H2,1H3. The summed E-state index contributed by atoms with van der Waals surface area (Å²) in [6, 6.07) is 5.41. The lowest BCUT2D eigenvalue weighted by molar-refractivity contribution is -0.141. The maximum absolute atomic E-state index is 13.7. The predicted molar refractivity (Wildman–Crippen MR) is 112 cm³/mol. The van der Waals surface area contributed by atoms with Crippen LogP contribution in [0.15, 0.2) is 43.0 Å². The highest BCUT2D eigenvalue weighted by molar-refractivity contribution is 5.99. The number of amides is 1. The van der Waals surface area contributed by atoms with Gasteiger partial charge >= 0.3 is 6.18 Å². The Morgan fingerprint density at radius 3 is 2.58 bits per heavy atom. The molecule has 0 radical (unpaired) electrons. The smallest absolute Gasteiger partial charge is 0.331 e. The van der Waals surface area contributed by atoms with Crippen LogP contribution in [0.3, 0.4) is 0 Å². The number of fused-ring (bicyclic) bond motifs is 2. The van der Waals surface area contributed by atoms with E-state index in [1.165, 1.54) is 6.20 Å². The van der Waals surface area contributed by atoms with Crippen molar-refractivity contribution in [2.24, 2.45) is 5.92 Å². The number of carbonyl (C=O) groups excluding carboxylic acids is 1. The van der Waals surface area contributed by atoms with Crippen LogP contribution in [0.25, 0.3) is 11.4 Å². The molecule has 5 rings (SSSR count). The van der Waals surface area contributed by atoms with Gasteiger partial charge in [0.05, 0.1) is 17.5 Å². The van der Waals surface area contributed by atoms with Gasteiger partial charge in [-0.25, -0.2) is 19.9 Å². The largest absolute Gasteiger partial charge is 0.434 e. The maximum Gasteiger partial charge on any atom is 0.434 e. The number of rotatable bonds is 4. The van der Waals surface area contributed by atoms with Crippen LogP contribution in [0.2, 0.25) is 0 Å². The van der Waals surface area contributed by atoms with Gasteiger partial charge in [0.25, 0.3) is 5.91 Å². The minimum atomic E-state index is -4.51. The van der Waals surface area contributed by atoms with Crippen LogP contribution in [0.4, 0.5) is 13.2 Å². The summed E-state index contributed by atoms with van der Waals surface area (Å²) in [5.74, 6) is 0.395. The lowest BCUT2D eigenvalue weighted by Crippen LogP contribution is -2.37. The number of halogens is 3. The van der Waals surface area contributed by atoms with E-state index in [9.17, 15) is 18.0 Å². The van der Waals surface area contributed by atoms with Gasteiger partial charge in [0.1, 0.15) is 5.69 Å². The third kappa shape index (κ3) is 4.05. The first-order valence-corrected chi connectivity index (χ1v) is 10.8. The molecule has 1 amide bonds. The Morgan fingerprint density at radius 1 is 1.09 bits per heavy atom. The first-order valence-electron chi connectivity index (χ1n) is 10.8. The minimum absolute atomic E-state index is 0.0153. The molecule has 2 aliphatic rings. The fourth-order valence-corrected chi connectivity index (χ4v) is 4.98. The van der Waals surface area contributed by atoms with Gasteiger partial charge in [-0.2, -0.15) is 13.2 Å². The fraction of sp³-hybridized carbons (Fsp3) is 0.391. The molecular formula is C23H21F3N6O. The summed E-state index contributed by atoms with van der Waals surface area (Å²) in [5.41, 5.74) is 1.13. The molecule has 33 heavy (non-hydrogen) atoms. The number of hydrogen-bond donors (Lipinski definition) is 0. The molecule has 0 saturated carbocycles. The molecule has 0 N–H and O–H groups in total. The summed E-state index contributed by atoms with van der Waals surface area (Å²) in [6.45, 7) is 1.83. The van der Waals surface area contributed by atoms with Crippen molar-refractivity contribution in [2.45, 2.75) is 50.9 Å². The molecule has 170 valence electrons. The fourth-order valence-electron chi connectivity index (χ4n) is 4.98. The second-order valence-electron chi connectivity index (χ2n) is 8.52. The van der Waals surface area contributed by atoms with Crippen molar-refractivity contribution >= 4 is 5.91 Å². The number of pyridine rings is 1. The van der Waals surface area contributed by atoms with Crippen molar-refractivity contribution in [3.8, 4) is 11.4 Å². The van der Waals surface area contributed by atoms with E-state index < -0.39 is 11.9 Å². The summed E-state index contributed by atoms with van der Waals surface area (Å²) >= 11 is 0. The first kappa shape index (κ1) is 21.4. The molecule has 0 aromatic carbocycles. The van der Waals surface area contributed by atoms with Crippen LogP contribution in [0, 0.1) is 12.8 Å². The van der Waals surface area contributed by atoms with Crippen molar-refractivity contribution in [2.75, 3.05) is 0 Å². The van der Waals surface area contributed by atoms with Gasteiger partial charge in [-0.3, -0.25) is 9.78 Å². The van der Waals surface area contributed by atoms with E-state index in [1.807, 2.05) is 24.0 Å². The zero-order chi connectivity index (χ0) is 23.2. The Balaban J connectivity index is 1.39. The highest BCUT2D eigenvalue weighted by atomic mass is 19.4. The minimum Gasteiger partial charge on any atom is -0.331 e. The quantitative estimate of drug-likeness (QED) is 0.595. The molecule has 2 aliphatic heterocycles. The van der Waals surface area contributed by atoms with Crippen molar-refractivity contribution in [1.82, 2.24) is 29.8 Å². The first-order chi connectivity index (χ1) is 15.8. The molecule has 2 fully saturated rings. The Hall–Kier alpha value is -3.43. The van der Waals surface area contributed by atoms with Crippen molar-refractivity contribution in [3.05, 3.63) is 65.8 Å². The average molecular weight is 454 g/mol. The number of hydrogen-bond acceptors (Lipinski definition) is 6. The van der Waals surface area contributed by atoms with Crippen LogP contribution in [0.5, 0.6) is 0 Å². The Kier molecular flexibility index (Phi) is 5.30. The second-order valence-corrected chi connectivity index (χ2v) is 8.52. The van der Waals surface area contributed by atoms with Gasteiger partial charge < -0.3 is 4.90 Å². The van der Waals surface area contributed by atoms with E-state index in [2.05, 4.69) is 24.9 Å². The Labute approximate surface area is 188 Å². The van der Waals surface area contributed by atoms with E-state index >= 15 is 0 Å². The number of aromatic nitrogens is 5. The molecule has 2 saturated heterocycles. The predicted octanol–water partition coefficient (Wildman–Crippen LogP) is 3.89. The molecule has 5 heterocycles. The van der Waals surface area contributed by atoms with Crippen molar-refractivity contribution < 1.29 is 18.0 Å². The second kappa shape index (κ2) is 8.17. The van der Waals surface area contributed by atoms with Gasteiger partial charge in [-0.15, -0.1) is 0 Å². The average Bonchev–Trinajstić information content (AvgIpc) is 3.36. The van der Waals surface area contributed by atoms with Gasteiger partial charge in [0, 0.05) is 36.4 Å². The molecule has 3 aromatic heterocycles. The molecule has 7 nitrogen and oxygen atoms in total. The number of alkyl halides is 3. The van der Waals surface area contributed by atoms with Crippen LogP contribution < -0.4 is 0 Å².